The molecule has 0 aliphatic heterocycles. The molecule has 1 aromatic rings. The topological polar surface area (TPSA) is 69.6 Å². The second-order valence-electron chi connectivity index (χ2n) is 4.58. The third kappa shape index (κ3) is 4.52. The summed E-state index contributed by atoms with van der Waals surface area (Å²) in [4.78, 5) is 24.1. The SMILES string of the molecule is CCN(CCC(=O)O)C(=O)Nc1cc(C)c(Br)c(C)c1. The molecule has 110 valence electrons. The number of urea groups is 1. The van der Waals surface area contributed by atoms with Crippen molar-refractivity contribution in [2.75, 3.05) is 18.4 Å². The summed E-state index contributed by atoms with van der Waals surface area (Å²) in [7, 11) is 0. The van der Waals surface area contributed by atoms with Crippen molar-refractivity contribution in [1.29, 1.82) is 0 Å². The number of rotatable bonds is 5. The fourth-order valence-corrected chi connectivity index (χ4v) is 2.08. The number of carbonyl (C=O) groups is 2. The molecule has 20 heavy (non-hydrogen) atoms. The predicted molar refractivity (Wildman–Crippen MR) is 82.1 cm³/mol. The molecule has 0 saturated heterocycles. The summed E-state index contributed by atoms with van der Waals surface area (Å²) < 4.78 is 1.02. The molecular weight excluding hydrogens is 324 g/mol. The van der Waals surface area contributed by atoms with Gasteiger partial charge in [-0.1, -0.05) is 15.9 Å². The molecular formula is C14H19BrN2O3. The van der Waals surface area contributed by atoms with Crippen LogP contribution in [0.15, 0.2) is 16.6 Å². The first-order valence-corrected chi connectivity index (χ1v) is 7.19. The maximum Gasteiger partial charge on any atom is 0.321 e. The van der Waals surface area contributed by atoms with Gasteiger partial charge in [0.25, 0.3) is 0 Å². The number of benzene rings is 1. The fraction of sp³-hybridized carbons (Fsp3) is 0.429. The van der Waals surface area contributed by atoms with Gasteiger partial charge in [0.05, 0.1) is 6.42 Å². The van der Waals surface area contributed by atoms with Crippen molar-refractivity contribution in [3.05, 3.63) is 27.7 Å². The van der Waals surface area contributed by atoms with Gasteiger partial charge in [0.1, 0.15) is 0 Å². The van der Waals surface area contributed by atoms with Crippen LogP contribution in [0, 0.1) is 13.8 Å². The standard InChI is InChI=1S/C14H19BrN2O3/c1-4-17(6-5-12(18)19)14(20)16-11-7-9(2)13(15)10(3)8-11/h7-8H,4-6H2,1-3H3,(H,16,20)(H,18,19). The highest BCUT2D eigenvalue weighted by molar-refractivity contribution is 9.10. The van der Waals surface area contributed by atoms with Crippen LogP contribution in [0.5, 0.6) is 0 Å². The van der Waals surface area contributed by atoms with Gasteiger partial charge in [-0.05, 0) is 44.0 Å². The minimum Gasteiger partial charge on any atom is -0.481 e. The molecule has 0 aromatic heterocycles. The number of amides is 2. The van der Waals surface area contributed by atoms with Crippen LogP contribution in [0.3, 0.4) is 0 Å². The Morgan fingerprint density at radius 1 is 1.30 bits per heavy atom. The van der Waals surface area contributed by atoms with Crippen LogP contribution in [-0.2, 0) is 4.79 Å². The summed E-state index contributed by atoms with van der Waals surface area (Å²) in [6.45, 7) is 6.39. The number of carbonyl (C=O) groups excluding carboxylic acids is 1. The number of nitrogens with one attached hydrogen (secondary N) is 1. The summed E-state index contributed by atoms with van der Waals surface area (Å²) >= 11 is 3.47. The first-order chi connectivity index (χ1) is 9.35. The minimum absolute atomic E-state index is 0.0559. The summed E-state index contributed by atoms with van der Waals surface area (Å²) in [5.74, 6) is -0.911. The maximum absolute atomic E-state index is 12.1. The number of aliphatic carboxylic acids is 1. The van der Waals surface area contributed by atoms with E-state index in [1.165, 1.54) is 4.90 Å². The van der Waals surface area contributed by atoms with Gasteiger partial charge in [0.2, 0.25) is 0 Å². The summed E-state index contributed by atoms with van der Waals surface area (Å²) in [6, 6.07) is 3.47. The maximum atomic E-state index is 12.1. The first kappa shape index (κ1) is 16.5. The second-order valence-corrected chi connectivity index (χ2v) is 5.37. The highest BCUT2D eigenvalue weighted by Gasteiger charge is 2.13. The first-order valence-electron chi connectivity index (χ1n) is 6.39. The second kappa shape index (κ2) is 7.28. The van der Waals surface area contributed by atoms with Crippen LogP contribution in [-0.4, -0.2) is 35.1 Å². The van der Waals surface area contributed by atoms with Gasteiger partial charge < -0.3 is 15.3 Å². The van der Waals surface area contributed by atoms with Gasteiger partial charge in [-0.25, -0.2) is 4.79 Å². The van der Waals surface area contributed by atoms with E-state index in [1.54, 1.807) is 0 Å². The zero-order valence-electron chi connectivity index (χ0n) is 11.9. The molecule has 0 saturated carbocycles. The van der Waals surface area contributed by atoms with Crippen LogP contribution >= 0.6 is 15.9 Å². The normalized spacial score (nSPS) is 10.2. The predicted octanol–water partition coefficient (Wildman–Crippen LogP) is 3.39. The Morgan fingerprint density at radius 3 is 2.30 bits per heavy atom. The largest absolute Gasteiger partial charge is 0.481 e. The Labute approximate surface area is 127 Å². The molecule has 0 unspecified atom stereocenters. The molecule has 6 heteroatoms. The molecule has 5 nitrogen and oxygen atoms in total. The fourth-order valence-electron chi connectivity index (χ4n) is 1.85. The molecule has 0 spiro atoms. The zero-order valence-corrected chi connectivity index (χ0v) is 13.5. The quantitative estimate of drug-likeness (QED) is 0.861. The van der Waals surface area contributed by atoms with Crippen LogP contribution in [0.4, 0.5) is 10.5 Å². The molecule has 0 aliphatic carbocycles. The summed E-state index contributed by atoms with van der Waals surface area (Å²) in [6.07, 6.45) is -0.0559. The minimum atomic E-state index is -0.911. The average molecular weight is 343 g/mol. The van der Waals surface area contributed by atoms with E-state index < -0.39 is 5.97 Å². The number of anilines is 1. The van der Waals surface area contributed by atoms with E-state index in [-0.39, 0.29) is 19.0 Å². The Bertz CT molecular complexity index is 494. The number of carboxylic acids is 1. The summed E-state index contributed by atoms with van der Waals surface area (Å²) in [5, 5.41) is 11.5. The van der Waals surface area contributed by atoms with Gasteiger partial charge in [0.15, 0.2) is 0 Å². The number of hydrogen-bond acceptors (Lipinski definition) is 2. The number of aryl methyl sites for hydroxylation is 2. The molecule has 0 aliphatic rings. The van der Waals surface area contributed by atoms with Crippen LogP contribution in [0.25, 0.3) is 0 Å². The van der Waals surface area contributed by atoms with E-state index in [9.17, 15) is 9.59 Å². The van der Waals surface area contributed by atoms with Gasteiger partial charge in [-0.3, -0.25) is 4.79 Å². The molecule has 1 aromatic carbocycles. The van der Waals surface area contributed by atoms with Crippen LogP contribution in [0.1, 0.15) is 24.5 Å². The van der Waals surface area contributed by atoms with Crippen molar-refractivity contribution < 1.29 is 14.7 Å². The zero-order chi connectivity index (χ0) is 15.3. The molecule has 2 amide bonds. The molecule has 0 heterocycles. The molecule has 0 bridgehead atoms. The van der Waals surface area contributed by atoms with E-state index in [1.807, 2.05) is 32.9 Å². The Balaban J connectivity index is 2.76. The number of nitrogens with zero attached hydrogens (tertiary/aromatic N) is 1. The van der Waals surface area contributed by atoms with Gasteiger partial charge in [-0.15, -0.1) is 0 Å². The lowest BCUT2D eigenvalue weighted by molar-refractivity contribution is -0.137. The van der Waals surface area contributed by atoms with Crippen molar-refractivity contribution in [3.63, 3.8) is 0 Å². The van der Waals surface area contributed by atoms with E-state index in [0.717, 1.165) is 15.6 Å². The third-order valence-electron chi connectivity index (χ3n) is 2.95. The molecule has 1 rings (SSSR count). The van der Waals surface area contributed by atoms with Gasteiger partial charge in [0, 0.05) is 23.2 Å². The highest BCUT2D eigenvalue weighted by Crippen LogP contribution is 2.25. The van der Waals surface area contributed by atoms with E-state index in [2.05, 4.69) is 21.2 Å². The van der Waals surface area contributed by atoms with E-state index in [4.69, 9.17) is 5.11 Å². The number of halogens is 1. The van der Waals surface area contributed by atoms with Crippen LogP contribution < -0.4 is 5.32 Å². The number of hydrogen-bond donors (Lipinski definition) is 2. The van der Waals surface area contributed by atoms with Gasteiger partial charge >= 0.3 is 12.0 Å². The van der Waals surface area contributed by atoms with Crippen molar-refractivity contribution in [3.8, 4) is 0 Å². The van der Waals surface area contributed by atoms with Crippen LogP contribution in [0.2, 0.25) is 0 Å². The van der Waals surface area contributed by atoms with Crippen molar-refractivity contribution >= 4 is 33.6 Å². The lowest BCUT2D eigenvalue weighted by atomic mass is 10.1. The monoisotopic (exact) mass is 342 g/mol. The third-order valence-corrected chi connectivity index (χ3v) is 4.20. The molecule has 0 fully saturated rings. The van der Waals surface area contributed by atoms with E-state index in [0.29, 0.717) is 12.2 Å². The lowest BCUT2D eigenvalue weighted by Crippen LogP contribution is -2.36. The highest BCUT2D eigenvalue weighted by atomic mass is 79.9. The number of carboxylic acid groups (broad SMARTS) is 1. The molecule has 2 N–H and O–H groups in total. The molecule has 0 radical (unpaired) electrons. The van der Waals surface area contributed by atoms with Crippen molar-refractivity contribution in [2.24, 2.45) is 0 Å². The van der Waals surface area contributed by atoms with Gasteiger partial charge in [-0.2, -0.15) is 0 Å². The lowest BCUT2D eigenvalue weighted by Gasteiger charge is -2.21. The Morgan fingerprint density at radius 2 is 1.85 bits per heavy atom. The molecule has 0 atom stereocenters. The van der Waals surface area contributed by atoms with Crippen molar-refractivity contribution in [1.82, 2.24) is 4.90 Å². The van der Waals surface area contributed by atoms with E-state index >= 15 is 0 Å². The smallest absolute Gasteiger partial charge is 0.321 e. The summed E-state index contributed by atoms with van der Waals surface area (Å²) in [5.41, 5.74) is 2.78. The average Bonchev–Trinajstić information content (AvgIpc) is 2.36. The van der Waals surface area contributed by atoms with Crippen molar-refractivity contribution in [2.45, 2.75) is 27.2 Å². The Hall–Kier alpha value is -1.56. The Kier molecular flexibility index (Phi) is 6.01.